The number of fused-ring (bicyclic) bond motifs is 1. The molecule has 1 atom stereocenters. The average molecular weight is 488 g/mol. The molecule has 0 amide bonds. The van der Waals surface area contributed by atoms with Crippen molar-refractivity contribution in [2.75, 3.05) is 19.3 Å². The van der Waals surface area contributed by atoms with Gasteiger partial charge in [-0.15, -0.1) is 11.3 Å². The van der Waals surface area contributed by atoms with Crippen molar-refractivity contribution < 1.29 is 34.2 Å². The van der Waals surface area contributed by atoms with Gasteiger partial charge >= 0.3 is 6.18 Å². The molecule has 1 heterocycles. The number of nitrogens with zero attached hydrogens (tertiary/aromatic N) is 1. The molecule has 1 unspecified atom stereocenters. The first kappa shape index (κ1) is 25.1. The number of rotatable bonds is 9. The van der Waals surface area contributed by atoms with Gasteiger partial charge in [0.15, 0.2) is 0 Å². The molecule has 6 nitrogen and oxygen atoms in total. The second-order valence-electron chi connectivity index (χ2n) is 7.11. The summed E-state index contributed by atoms with van der Waals surface area (Å²) in [5, 5.41) is 0.456. The van der Waals surface area contributed by atoms with Crippen LogP contribution in [0.2, 0.25) is 0 Å². The highest BCUT2D eigenvalue weighted by Crippen LogP contribution is 2.37. The number of hydrogen-bond acceptors (Lipinski definition) is 6. The fourth-order valence-corrected chi connectivity index (χ4v) is 7.27. The number of hydrogen-bond donors (Lipinski definition) is 0. The van der Waals surface area contributed by atoms with Crippen LogP contribution >= 0.6 is 11.3 Å². The van der Waals surface area contributed by atoms with Crippen molar-refractivity contribution in [1.82, 2.24) is 4.31 Å². The van der Waals surface area contributed by atoms with Gasteiger partial charge in [0.1, 0.15) is 4.21 Å². The molecule has 2 aromatic rings. The second-order valence-corrected chi connectivity index (χ2v) is 11.9. The lowest BCUT2D eigenvalue weighted by Gasteiger charge is -2.24. The summed E-state index contributed by atoms with van der Waals surface area (Å²) in [5.41, 5.74) is 0.428. The summed E-state index contributed by atoms with van der Waals surface area (Å²) in [5.74, 6) is 0. The summed E-state index contributed by atoms with van der Waals surface area (Å²) in [6.07, 6.45) is -4.97. The van der Waals surface area contributed by atoms with Crippen LogP contribution in [0.1, 0.15) is 31.4 Å². The predicted molar refractivity (Wildman–Crippen MR) is 111 cm³/mol. The molecule has 12 heteroatoms. The standard InChI is InChI=1S/C18H24F3NO5S3/c1-5-8-22(11-12(2)27-29(4,23)24)30(25,26)17-13(3)15-9-14(10-18(19,20)21)6-7-16(15)28-17/h6-7,9,12H,5,8,10-11H2,1-4H3. The Morgan fingerprint density at radius 1 is 1.20 bits per heavy atom. The van der Waals surface area contributed by atoms with Crippen molar-refractivity contribution in [3.05, 3.63) is 29.3 Å². The maximum atomic E-state index is 13.3. The fraction of sp³-hybridized carbons (Fsp3) is 0.556. The third-order valence-electron chi connectivity index (χ3n) is 4.21. The van der Waals surface area contributed by atoms with Crippen LogP contribution in [0.15, 0.2) is 22.4 Å². The van der Waals surface area contributed by atoms with Gasteiger partial charge in [-0.25, -0.2) is 8.42 Å². The predicted octanol–water partition coefficient (Wildman–Crippen LogP) is 4.08. The van der Waals surface area contributed by atoms with E-state index >= 15 is 0 Å². The Kier molecular flexibility index (Phi) is 7.61. The molecule has 0 saturated heterocycles. The summed E-state index contributed by atoms with van der Waals surface area (Å²) in [6, 6.07) is 4.20. The van der Waals surface area contributed by atoms with Crippen LogP contribution in [-0.4, -0.2) is 52.8 Å². The molecular formula is C18H24F3NO5S3. The summed E-state index contributed by atoms with van der Waals surface area (Å²) < 4.78 is 94.0. The molecule has 0 bridgehead atoms. The Morgan fingerprint density at radius 3 is 2.37 bits per heavy atom. The van der Waals surface area contributed by atoms with Gasteiger partial charge in [-0.3, -0.25) is 4.18 Å². The highest BCUT2D eigenvalue weighted by atomic mass is 32.2. The third-order valence-corrected chi connectivity index (χ3v) is 8.62. The smallest absolute Gasteiger partial charge is 0.266 e. The van der Waals surface area contributed by atoms with Gasteiger partial charge in [0.25, 0.3) is 20.1 Å². The molecule has 0 N–H and O–H groups in total. The van der Waals surface area contributed by atoms with Gasteiger partial charge in [0.2, 0.25) is 0 Å². The summed E-state index contributed by atoms with van der Waals surface area (Å²) in [6.45, 7) is 4.78. The number of alkyl halides is 3. The molecule has 0 aliphatic carbocycles. The largest absolute Gasteiger partial charge is 0.393 e. The highest BCUT2D eigenvalue weighted by molar-refractivity contribution is 7.91. The minimum atomic E-state index is -4.36. The summed E-state index contributed by atoms with van der Waals surface area (Å²) in [4.78, 5) is 0. The third kappa shape index (κ3) is 6.39. The van der Waals surface area contributed by atoms with Gasteiger partial charge in [-0.1, -0.05) is 13.0 Å². The molecule has 1 aromatic carbocycles. The maximum Gasteiger partial charge on any atom is 0.393 e. The molecular weight excluding hydrogens is 463 g/mol. The maximum absolute atomic E-state index is 13.3. The van der Waals surface area contributed by atoms with Crippen molar-refractivity contribution in [2.45, 2.75) is 50.1 Å². The first-order chi connectivity index (χ1) is 13.6. The lowest BCUT2D eigenvalue weighted by molar-refractivity contribution is -0.127. The average Bonchev–Trinajstić information content (AvgIpc) is 2.88. The second kappa shape index (κ2) is 9.11. The molecule has 0 aliphatic heterocycles. The number of thiophene rings is 1. The number of aryl methyl sites for hydroxylation is 1. The van der Waals surface area contributed by atoms with Crippen LogP contribution in [0.3, 0.4) is 0 Å². The van der Waals surface area contributed by atoms with E-state index in [4.69, 9.17) is 4.18 Å². The SMILES string of the molecule is CCCN(CC(C)OS(C)(=O)=O)S(=O)(=O)c1sc2ccc(CC(F)(F)F)cc2c1C. The van der Waals surface area contributed by atoms with Crippen LogP contribution in [0.4, 0.5) is 13.2 Å². The molecule has 0 saturated carbocycles. The van der Waals surface area contributed by atoms with E-state index in [1.54, 1.807) is 13.8 Å². The van der Waals surface area contributed by atoms with Crippen molar-refractivity contribution >= 4 is 41.6 Å². The lowest BCUT2D eigenvalue weighted by Crippen LogP contribution is -2.38. The van der Waals surface area contributed by atoms with E-state index < -0.39 is 38.8 Å². The number of halogens is 3. The van der Waals surface area contributed by atoms with Gasteiger partial charge < -0.3 is 0 Å². The lowest BCUT2D eigenvalue weighted by atomic mass is 10.1. The summed E-state index contributed by atoms with van der Waals surface area (Å²) >= 11 is 0.982. The Balaban J connectivity index is 2.44. The van der Waals surface area contributed by atoms with Crippen molar-refractivity contribution in [2.24, 2.45) is 0 Å². The van der Waals surface area contributed by atoms with E-state index in [-0.39, 0.29) is 22.9 Å². The zero-order chi connectivity index (χ0) is 22.9. The first-order valence-electron chi connectivity index (χ1n) is 9.11. The van der Waals surface area contributed by atoms with Crippen LogP contribution in [-0.2, 0) is 30.7 Å². The highest BCUT2D eigenvalue weighted by Gasteiger charge is 2.31. The van der Waals surface area contributed by atoms with E-state index in [9.17, 15) is 30.0 Å². The van der Waals surface area contributed by atoms with E-state index in [0.29, 0.717) is 22.1 Å². The molecule has 2 rings (SSSR count). The normalized spacial score (nSPS) is 14.5. The van der Waals surface area contributed by atoms with E-state index in [1.807, 2.05) is 0 Å². The topological polar surface area (TPSA) is 80.8 Å². The zero-order valence-corrected chi connectivity index (χ0v) is 19.4. The molecule has 0 spiro atoms. The van der Waals surface area contributed by atoms with Gasteiger partial charge in [0, 0.05) is 17.8 Å². The van der Waals surface area contributed by atoms with Crippen molar-refractivity contribution in [3.63, 3.8) is 0 Å². The van der Waals surface area contributed by atoms with E-state index in [1.165, 1.54) is 25.1 Å². The van der Waals surface area contributed by atoms with Crippen molar-refractivity contribution in [1.29, 1.82) is 0 Å². The van der Waals surface area contributed by atoms with Crippen molar-refractivity contribution in [3.8, 4) is 0 Å². The van der Waals surface area contributed by atoms with Gasteiger partial charge in [-0.2, -0.15) is 25.9 Å². The Morgan fingerprint density at radius 2 is 1.83 bits per heavy atom. The summed E-state index contributed by atoms with van der Waals surface area (Å²) in [7, 11) is -7.75. The van der Waals surface area contributed by atoms with Crippen LogP contribution < -0.4 is 0 Å². The minimum Gasteiger partial charge on any atom is -0.266 e. The zero-order valence-electron chi connectivity index (χ0n) is 17.0. The molecule has 1 aromatic heterocycles. The number of sulfonamides is 1. The number of benzene rings is 1. The quantitative estimate of drug-likeness (QED) is 0.498. The molecule has 0 fully saturated rings. The van der Waals surface area contributed by atoms with E-state index in [2.05, 4.69) is 0 Å². The monoisotopic (exact) mass is 487 g/mol. The first-order valence-corrected chi connectivity index (χ1v) is 13.2. The molecule has 170 valence electrons. The van der Waals surface area contributed by atoms with Crippen LogP contribution in [0.5, 0.6) is 0 Å². The fourth-order valence-electron chi connectivity index (χ4n) is 3.12. The Labute approximate surface area is 178 Å². The molecule has 30 heavy (non-hydrogen) atoms. The Bertz CT molecular complexity index is 1110. The van der Waals surface area contributed by atoms with Gasteiger partial charge in [0.05, 0.1) is 18.8 Å². The van der Waals surface area contributed by atoms with Crippen LogP contribution in [0.25, 0.3) is 10.1 Å². The molecule has 0 aliphatic rings. The van der Waals surface area contributed by atoms with E-state index in [0.717, 1.165) is 21.9 Å². The molecule has 0 radical (unpaired) electrons. The van der Waals surface area contributed by atoms with Gasteiger partial charge in [-0.05, 0) is 48.9 Å². The van der Waals surface area contributed by atoms with Crippen LogP contribution in [0, 0.1) is 6.92 Å². The Hall–Kier alpha value is -1.21. The minimum absolute atomic E-state index is 0.0293.